The summed E-state index contributed by atoms with van der Waals surface area (Å²) in [4.78, 5) is 4.11. The van der Waals surface area contributed by atoms with Crippen molar-refractivity contribution >= 4 is 11.3 Å². The predicted molar refractivity (Wildman–Crippen MR) is 107 cm³/mol. The number of hydrogen-bond donors (Lipinski definition) is 0. The second-order valence-electron chi connectivity index (χ2n) is 6.80. The van der Waals surface area contributed by atoms with Crippen LogP contribution in [0.5, 0.6) is 17.2 Å². The lowest BCUT2D eigenvalue weighted by Gasteiger charge is -2.30. The highest BCUT2D eigenvalue weighted by Crippen LogP contribution is 2.42. The molecule has 1 atom stereocenters. The van der Waals surface area contributed by atoms with Crippen molar-refractivity contribution in [3.63, 3.8) is 0 Å². The number of rotatable bonds is 6. The summed E-state index contributed by atoms with van der Waals surface area (Å²) < 4.78 is 16.7. The Bertz CT molecular complexity index is 728. The minimum atomic E-state index is 0.482. The van der Waals surface area contributed by atoms with Gasteiger partial charge in [-0.2, -0.15) is 0 Å². The van der Waals surface area contributed by atoms with Gasteiger partial charge in [0.25, 0.3) is 0 Å². The first-order chi connectivity index (χ1) is 12.7. The van der Waals surface area contributed by atoms with Crippen LogP contribution < -0.4 is 14.2 Å². The molecule has 5 heteroatoms. The van der Waals surface area contributed by atoms with Crippen molar-refractivity contribution in [2.24, 2.45) is 0 Å². The first-order valence-electron chi connectivity index (χ1n) is 9.25. The molecule has 26 heavy (non-hydrogen) atoms. The van der Waals surface area contributed by atoms with Gasteiger partial charge in [0.05, 0.1) is 21.3 Å². The third-order valence-corrected chi connectivity index (χ3v) is 6.35. The number of likely N-dealkylation sites (tertiary alicyclic amines) is 1. The van der Waals surface area contributed by atoms with Gasteiger partial charge in [-0.05, 0) is 49.4 Å². The van der Waals surface area contributed by atoms with Gasteiger partial charge in [-0.3, -0.25) is 4.90 Å². The minimum absolute atomic E-state index is 0.482. The van der Waals surface area contributed by atoms with Gasteiger partial charge in [0, 0.05) is 23.0 Å². The first-order valence-corrected chi connectivity index (χ1v) is 10.1. The Balaban J connectivity index is 1.93. The van der Waals surface area contributed by atoms with Crippen molar-refractivity contribution in [2.45, 2.75) is 45.2 Å². The summed E-state index contributed by atoms with van der Waals surface area (Å²) in [5.41, 5.74) is 2.55. The average Bonchev–Trinajstić information content (AvgIpc) is 2.95. The summed E-state index contributed by atoms with van der Waals surface area (Å²) in [6, 6.07) is 6.79. The predicted octanol–water partition coefficient (Wildman–Crippen LogP) is 5.20. The number of nitrogens with zero attached hydrogens (tertiary/aromatic N) is 1. The molecule has 142 valence electrons. The van der Waals surface area contributed by atoms with Crippen LogP contribution in [0.15, 0.2) is 23.6 Å². The van der Waals surface area contributed by atoms with E-state index in [0.717, 1.165) is 24.4 Å². The second-order valence-corrected chi connectivity index (χ2v) is 7.74. The molecule has 4 nitrogen and oxygen atoms in total. The van der Waals surface area contributed by atoms with Gasteiger partial charge < -0.3 is 14.2 Å². The maximum atomic E-state index is 5.70. The summed E-state index contributed by atoms with van der Waals surface area (Å²) >= 11 is 1.89. The van der Waals surface area contributed by atoms with Crippen LogP contribution in [0.4, 0.5) is 0 Å². The van der Waals surface area contributed by atoms with Crippen molar-refractivity contribution in [1.29, 1.82) is 0 Å². The van der Waals surface area contributed by atoms with Crippen molar-refractivity contribution in [3.05, 3.63) is 39.6 Å². The molecular formula is C21H29NO3S. The molecule has 0 unspecified atom stereocenters. The van der Waals surface area contributed by atoms with Gasteiger partial charge in [0.15, 0.2) is 11.5 Å². The first kappa shape index (κ1) is 19.1. The van der Waals surface area contributed by atoms with Crippen LogP contribution in [0.25, 0.3) is 0 Å². The lowest BCUT2D eigenvalue weighted by molar-refractivity contribution is 0.191. The van der Waals surface area contributed by atoms with E-state index in [1.54, 1.807) is 21.3 Å². The Hall–Kier alpha value is -1.72. The Labute approximate surface area is 160 Å². The monoisotopic (exact) mass is 375 g/mol. The third-order valence-electron chi connectivity index (χ3n) is 5.23. The molecule has 2 aromatic rings. The molecule has 1 aromatic heterocycles. The van der Waals surface area contributed by atoms with Crippen LogP contribution in [-0.4, -0.2) is 32.8 Å². The highest BCUT2D eigenvalue weighted by molar-refractivity contribution is 7.10. The van der Waals surface area contributed by atoms with E-state index in [0.29, 0.717) is 17.5 Å². The van der Waals surface area contributed by atoms with E-state index in [4.69, 9.17) is 14.2 Å². The number of methoxy groups -OCH3 is 3. The fraction of sp³-hybridized carbons (Fsp3) is 0.524. The van der Waals surface area contributed by atoms with Crippen LogP contribution >= 0.6 is 11.3 Å². The second kappa shape index (κ2) is 8.78. The van der Waals surface area contributed by atoms with Gasteiger partial charge in [-0.15, -0.1) is 11.3 Å². The summed E-state index contributed by atoms with van der Waals surface area (Å²) in [5.74, 6) is 2.15. The minimum Gasteiger partial charge on any atom is -0.493 e. The molecule has 0 saturated carbocycles. The van der Waals surface area contributed by atoms with Crippen LogP contribution in [-0.2, 0) is 6.54 Å². The average molecular weight is 376 g/mol. The van der Waals surface area contributed by atoms with Gasteiger partial charge in [-0.25, -0.2) is 0 Å². The summed E-state index contributed by atoms with van der Waals surface area (Å²) in [6.07, 6.45) is 5.07. The zero-order valence-corrected chi connectivity index (χ0v) is 17.0. The molecule has 0 spiro atoms. The Kier molecular flexibility index (Phi) is 6.43. The van der Waals surface area contributed by atoms with E-state index < -0.39 is 0 Å². The number of hydrogen-bond acceptors (Lipinski definition) is 5. The summed E-state index contributed by atoms with van der Waals surface area (Å²) in [5, 5.41) is 2.21. The summed E-state index contributed by atoms with van der Waals surface area (Å²) in [7, 11) is 5.01. The fourth-order valence-corrected chi connectivity index (χ4v) is 4.98. The molecular weight excluding hydrogens is 346 g/mol. The zero-order chi connectivity index (χ0) is 18.5. The lowest BCUT2D eigenvalue weighted by Crippen LogP contribution is -2.28. The standard InChI is InChI=1S/C21H29NO3S/c1-15-11-13-26-21(15)17-8-6-5-7-12-22(17)14-16-9-10-18(23-2)20(25-4)19(16)24-3/h9-11,13,17H,5-8,12,14H2,1-4H3/t17-/m0/s1. The molecule has 2 heterocycles. The van der Waals surface area contributed by atoms with Crippen molar-refractivity contribution in [1.82, 2.24) is 4.90 Å². The summed E-state index contributed by atoms with van der Waals surface area (Å²) in [6.45, 7) is 4.19. The number of benzene rings is 1. The van der Waals surface area contributed by atoms with Gasteiger partial charge in [0.2, 0.25) is 5.75 Å². The maximum Gasteiger partial charge on any atom is 0.203 e. The Morgan fingerprint density at radius 2 is 1.81 bits per heavy atom. The SMILES string of the molecule is COc1ccc(CN2CCCCC[C@H]2c2sccc2C)c(OC)c1OC. The number of ether oxygens (including phenoxy) is 3. The van der Waals surface area contributed by atoms with Gasteiger partial charge in [-0.1, -0.05) is 18.9 Å². The maximum absolute atomic E-state index is 5.70. The molecule has 0 bridgehead atoms. The molecule has 1 aromatic carbocycles. The van der Waals surface area contributed by atoms with E-state index >= 15 is 0 Å². The molecule has 1 aliphatic heterocycles. The van der Waals surface area contributed by atoms with E-state index in [1.165, 1.54) is 36.1 Å². The van der Waals surface area contributed by atoms with Crippen molar-refractivity contribution < 1.29 is 14.2 Å². The largest absolute Gasteiger partial charge is 0.493 e. The van der Waals surface area contributed by atoms with Gasteiger partial charge in [0.1, 0.15) is 0 Å². The normalized spacial score (nSPS) is 18.4. The Morgan fingerprint density at radius 3 is 2.46 bits per heavy atom. The third kappa shape index (κ3) is 3.84. The Morgan fingerprint density at radius 1 is 1.00 bits per heavy atom. The molecule has 0 N–H and O–H groups in total. The van der Waals surface area contributed by atoms with Crippen LogP contribution in [0.2, 0.25) is 0 Å². The van der Waals surface area contributed by atoms with E-state index in [1.807, 2.05) is 17.4 Å². The fourth-order valence-electron chi connectivity index (χ4n) is 3.89. The number of aryl methyl sites for hydroxylation is 1. The molecule has 1 saturated heterocycles. The highest BCUT2D eigenvalue weighted by Gasteiger charge is 2.27. The van der Waals surface area contributed by atoms with Crippen molar-refractivity contribution in [2.75, 3.05) is 27.9 Å². The smallest absolute Gasteiger partial charge is 0.203 e. The topological polar surface area (TPSA) is 30.9 Å². The van der Waals surface area contributed by atoms with E-state index in [-0.39, 0.29) is 0 Å². The van der Waals surface area contributed by atoms with Crippen LogP contribution in [0.3, 0.4) is 0 Å². The number of thiophene rings is 1. The molecule has 0 amide bonds. The van der Waals surface area contributed by atoms with E-state index in [2.05, 4.69) is 29.3 Å². The molecule has 1 aliphatic rings. The molecule has 0 aliphatic carbocycles. The van der Waals surface area contributed by atoms with Crippen molar-refractivity contribution in [3.8, 4) is 17.2 Å². The zero-order valence-electron chi connectivity index (χ0n) is 16.2. The quantitative estimate of drug-likeness (QED) is 0.694. The van der Waals surface area contributed by atoms with Crippen LogP contribution in [0.1, 0.15) is 47.7 Å². The lowest BCUT2D eigenvalue weighted by atomic mass is 10.0. The van der Waals surface area contributed by atoms with Crippen LogP contribution in [0, 0.1) is 6.92 Å². The van der Waals surface area contributed by atoms with E-state index in [9.17, 15) is 0 Å². The molecule has 0 radical (unpaired) electrons. The molecule has 1 fully saturated rings. The molecule has 3 rings (SSSR count). The van der Waals surface area contributed by atoms with Gasteiger partial charge >= 0.3 is 0 Å². The highest BCUT2D eigenvalue weighted by atomic mass is 32.1.